The average Bonchev–Trinajstić information content (AvgIpc) is 2.74. The van der Waals surface area contributed by atoms with Gasteiger partial charge in [-0.25, -0.2) is 9.78 Å². The normalized spacial score (nSPS) is 10.5. The lowest BCUT2D eigenvalue weighted by atomic mass is 10.2. The molecule has 0 bridgehead atoms. The van der Waals surface area contributed by atoms with Crippen molar-refractivity contribution in [2.24, 2.45) is 0 Å². The van der Waals surface area contributed by atoms with Gasteiger partial charge in [0, 0.05) is 37.1 Å². The molecule has 29 heavy (non-hydrogen) atoms. The van der Waals surface area contributed by atoms with E-state index in [1.807, 2.05) is 18.2 Å². The highest BCUT2D eigenvalue weighted by atomic mass is 33.1. The van der Waals surface area contributed by atoms with Crippen LogP contribution in [0.5, 0.6) is 0 Å². The number of hydrogen-bond donors (Lipinski definition) is 3. The molecule has 3 N–H and O–H groups in total. The summed E-state index contributed by atoms with van der Waals surface area (Å²) < 4.78 is 0. The Hall–Kier alpha value is -2.19. The number of hydrogen-bond acceptors (Lipinski definition) is 6. The molecule has 2 aromatic rings. The van der Waals surface area contributed by atoms with Crippen molar-refractivity contribution in [1.29, 1.82) is 0 Å². The van der Waals surface area contributed by atoms with Crippen molar-refractivity contribution < 1.29 is 14.7 Å². The summed E-state index contributed by atoms with van der Waals surface area (Å²) in [4.78, 5) is 26.9. The van der Waals surface area contributed by atoms with Crippen LogP contribution in [0.15, 0.2) is 53.7 Å². The maximum atomic E-state index is 11.8. The first-order valence-corrected chi connectivity index (χ1v) is 12.0. The number of unbranched alkanes of at least 4 members (excludes halogenated alkanes) is 3. The molecule has 0 aliphatic carbocycles. The van der Waals surface area contributed by atoms with Gasteiger partial charge in [0.1, 0.15) is 5.03 Å². The molecule has 2 rings (SSSR count). The number of anilines is 1. The van der Waals surface area contributed by atoms with E-state index in [1.54, 1.807) is 52.1 Å². The van der Waals surface area contributed by atoms with Crippen molar-refractivity contribution in [3.8, 4) is 0 Å². The first-order chi connectivity index (χ1) is 14.1. The van der Waals surface area contributed by atoms with Crippen LogP contribution >= 0.6 is 21.6 Å². The van der Waals surface area contributed by atoms with Gasteiger partial charge in [-0.3, -0.25) is 4.79 Å². The number of amides is 1. The summed E-state index contributed by atoms with van der Waals surface area (Å²) >= 11 is 0. The van der Waals surface area contributed by atoms with Gasteiger partial charge < -0.3 is 15.7 Å². The lowest BCUT2D eigenvalue weighted by molar-refractivity contribution is -0.120. The number of carboxylic acid groups (broad SMARTS) is 1. The minimum Gasteiger partial charge on any atom is -0.478 e. The Balaban J connectivity index is 1.40. The van der Waals surface area contributed by atoms with Crippen molar-refractivity contribution in [3.05, 3.63) is 54.2 Å². The zero-order chi connectivity index (χ0) is 20.7. The van der Waals surface area contributed by atoms with Gasteiger partial charge >= 0.3 is 5.97 Å². The SMILES string of the molecule is O=C(CCSSc1ccccn1)NCCCCCCNc1ccc(C(=O)O)cc1. The Kier molecular flexibility index (Phi) is 11.1. The third kappa shape index (κ3) is 10.2. The van der Waals surface area contributed by atoms with Crippen LogP contribution in [0, 0.1) is 0 Å². The van der Waals surface area contributed by atoms with Crippen LogP contribution in [0.2, 0.25) is 0 Å². The number of carbonyl (C=O) groups is 2. The summed E-state index contributed by atoms with van der Waals surface area (Å²) in [5.41, 5.74) is 1.23. The van der Waals surface area contributed by atoms with E-state index in [0.29, 0.717) is 12.0 Å². The number of rotatable bonds is 14. The van der Waals surface area contributed by atoms with Crippen LogP contribution in [0.3, 0.4) is 0 Å². The summed E-state index contributed by atoms with van der Waals surface area (Å²) in [5, 5.41) is 16.1. The standard InChI is InChI=1S/C21H27N3O3S2/c25-19(12-16-28-29-20-7-3-6-15-24-20)23-14-5-2-1-4-13-22-18-10-8-17(9-11-18)21(26)27/h3,6-11,15,22H,1-2,4-5,12-14,16H2,(H,23,25)(H,26,27). The summed E-state index contributed by atoms with van der Waals surface area (Å²) in [7, 11) is 3.24. The van der Waals surface area contributed by atoms with E-state index in [1.165, 1.54) is 0 Å². The zero-order valence-electron chi connectivity index (χ0n) is 16.3. The molecule has 0 spiro atoms. The van der Waals surface area contributed by atoms with E-state index >= 15 is 0 Å². The van der Waals surface area contributed by atoms with E-state index in [9.17, 15) is 9.59 Å². The summed E-state index contributed by atoms with van der Waals surface area (Å²) in [6.07, 6.45) is 6.47. The van der Waals surface area contributed by atoms with Crippen LogP contribution in [-0.4, -0.2) is 40.8 Å². The van der Waals surface area contributed by atoms with Gasteiger partial charge in [-0.2, -0.15) is 0 Å². The first-order valence-electron chi connectivity index (χ1n) is 9.69. The van der Waals surface area contributed by atoms with E-state index in [2.05, 4.69) is 15.6 Å². The third-order valence-electron chi connectivity index (χ3n) is 4.08. The van der Waals surface area contributed by atoms with E-state index in [4.69, 9.17) is 5.11 Å². The topological polar surface area (TPSA) is 91.3 Å². The van der Waals surface area contributed by atoms with Gasteiger partial charge in [-0.05, 0) is 60.0 Å². The smallest absolute Gasteiger partial charge is 0.335 e. The molecule has 0 radical (unpaired) electrons. The van der Waals surface area contributed by atoms with Crippen LogP contribution in [0.25, 0.3) is 0 Å². The van der Waals surface area contributed by atoms with Gasteiger partial charge in [0.15, 0.2) is 0 Å². The molecule has 1 heterocycles. The van der Waals surface area contributed by atoms with Crippen molar-refractivity contribution in [2.45, 2.75) is 37.1 Å². The van der Waals surface area contributed by atoms with Crippen LogP contribution in [0.1, 0.15) is 42.5 Å². The second-order valence-corrected chi connectivity index (χ2v) is 8.83. The van der Waals surface area contributed by atoms with Crippen LogP contribution in [-0.2, 0) is 4.79 Å². The predicted molar refractivity (Wildman–Crippen MR) is 121 cm³/mol. The number of carboxylic acids is 1. The van der Waals surface area contributed by atoms with Crippen molar-refractivity contribution in [2.75, 3.05) is 24.2 Å². The molecule has 1 aromatic carbocycles. The lowest BCUT2D eigenvalue weighted by Gasteiger charge is -2.07. The molecule has 8 heteroatoms. The number of nitrogens with one attached hydrogen (secondary N) is 2. The second kappa shape index (κ2) is 13.9. The number of pyridine rings is 1. The van der Waals surface area contributed by atoms with Gasteiger partial charge in [0.2, 0.25) is 5.91 Å². The molecule has 1 amide bonds. The molecule has 0 saturated heterocycles. The highest BCUT2D eigenvalue weighted by molar-refractivity contribution is 8.76. The number of carbonyl (C=O) groups excluding carboxylic acids is 1. The van der Waals surface area contributed by atoms with Gasteiger partial charge in [-0.15, -0.1) is 0 Å². The number of aromatic carboxylic acids is 1. The van der Waals surface area contributed by atoms with Gasteiger partial charge in [0.25, 0.3) is 0 Å². The molecule has 156 valence electrons. The maximum Gasteiger partial charge on any atom is 0.335 e. The van der Waals surface area contributed by atoms with Gasteiger partial charge in [0.05, 0.1) is 5.56 Å². The van der Waals surface area contributed by atoms with E-state index in [-0.39, 0.29) is 5.91 Å². The highest BCUT2D eigenvalue weighted by Gasteiger charge is 2.03. The molecule has 0 atom stereocenters. The highest BCUT2D eigenvalue weighted by Crippen LogP contribution is 2.29. The fourth-order valence-electron chi connectivity index (χ4n) is 2.52. The Morgan fingerprint density at radius 3 is 2.41 bits per heavy atom. The largest absolute Gasteiger partial charge is 0.478 e. The van der Waals surface area contributed by atoms with Gasteiger partial charge in [-0.1, -0.05) is 29.7 Å². The monoisotopic (exact) mass is 433 g/mol. The lowest BCUT2D eigenvalue weighted by Crippen LogP contribution is -2.24. The van der Waals surface area contributed by atoms with Crippen molar-refractivity contribution in [1.82, 2.24) is 10.3 Å². The Labute approximate surface area is 179 Å². The minimum absolute atomic E-state index is 0.102. The Bertz CT molecular complexity index is 743. The Morgan fingerprint density at radius 2 is 1.72 bits per heavy atom. The number of aromatic nitrogens is 1. The second-order valence-electron chi connectivity index (χ2n) is 6.40. The fourth-order valence-corrected chi connectivity index (χ4v) is 4.38. The summed E-state index contributed by atoms with van der Waals surface area (Å²) in [5.74, 6) is -0.0389. The summed E-state index contributed by atoms with van der Waals surface area (Å²) in [6.45, 7) is 1.57. The molecule has 0 saturated carbocycles. The minimum atomic E-state index is -0.911. The predicted octanol–water partition coefficient (Wildman–Crippen LogP) is 4.70. The van der Waals surface area contributed by atoms with Crippen LogP contribution < -0.4 is 10.6 Å². The Morgan fingerprint density at radius 1 is 0.966 bits per heavy atom. The average molecular weight is 434 g/mol. The first kappa shape index (κ1) is 23.1. The van der Waals surface area contributed by atoms with E-state index < -0.39 is 5.97 Å². The van der Waals surface area contributed by atoms with E-state index in [0.717, 1.165) is 55.2 Å². The number of benzene rings is 1. The van der Waals surface area contributed by atoms with Crippen molar-refractivity contribution >= 4 is 39.2 Å². The molecule has 0 fully saturated rings. The fraction of sp³-hybridized carbons (Fsp3) is 0.381. The molecule has 1 aromatic heterocycles. The molecule has 0 aliphatic heterocycles. The quantitative estimate of drug-likeness (QED) is 0.294. The maximum absolute atomic E-state index is 11.8. The van der Waals surface area contributed by atoms with Crippen LogP contribution in [0.4, 0.5) is 5.69 Å². The molecular formula is C21H27N3O3S2. The molecule has 6 nitrogen and oxygen atoms in total. The molecule has 0 unspecified atom stereocenters. The molecular weight excluding hydrogens is 406 g/mol. The summed E-state index contributed by atoms with van der Waals surface area (Å²) in [6, 6.07) is 12.6. The third-order valence-corrected chi connectivity index (χ3v) is 6.35. The number of nitrogens with zero attached hydrogens (tertiary/aromatic N) is 1. The zero-order valence-corrected chi connectivity index (χ0v) is 17.9. The van der Waals surface area contributed by atoms with Crippen molar-refractivity contribution in [3.63, 3.8) is 0 Å². The molecule has 0 aliphatic rings.